The van der Waals surface area contributed by atoms with E-state index < -0.39 is 0 Å². The van der Waals surface area contributed by atoms with Crippen molar-refractivity contribution >= 4 is 26.8 Å². The second kappa shape index (κ2) is 2.60. The Balaban J connectivity index is 2.66. The van der Waals surface area contributed by atoms with Crippen LogP contribution in [0.25, 0.3) is 10.3 Å². The lowest BCUT2D eigenvalue weighted by atomic mass is 10.4. The molecule has 0 aliphatic rings. The molecule has 62 valence electrons. The summed E-state index contributed by atoms with van der Waals surface area (Å²) in [5.74, 6) is 0.728. The maximum absolute atomic E-state index is 5.51. The van der Waals surface area contributed by atoms with Gasteiger partial charge in [0.05, 0.1) is 18.0 Å². The van der Waals surface area contributed by atoms with Crippen LogP contribution in [0.1, 0.15) is 0 Å². The molecule has 0 aliphatic heterocycles. The monoisotopic (exact) mass is 181 g/mol. The molecule has 2 N–H and O–H groups in total. The zero-order valence-electron chi connectivity index (χ0n) is 6.44. The van der Waals surface area contributed by atoms with E-state index in [0.29, 0.717) is 10.8 Å². The lowest BCUT2D eigenvalue weighted by molar-refractivity contribution is 0.414. The summed E-state index contributed by atoms with van der Waals surface area (Å²) in [5.41, 5.74) is 6.19. The number of hydrogen-bond acceptors (Lipinski definition) is 5. The molecule has 0 spiro atoms. The Morgan fingerprint density at radius 1 is 1.58 bits per heavy atom. The molecule has 0 aromatic carbocycles. The molecule has 2 rings (SSSR count). The fraction of sp³-hybridized carbons (Fsp3) is 0.143. The summed E-state index contributed by atoms with van der Waals surface area (Å²) in [7, 11) is 1.60. The summed E-state index contributed by atoms with van der Waals surface area (Å²) in [6.07, 6.45) is 1.63. The van der Waals surface area contributed by atoms with Gasteiger partial charge in [0, 0.05) is 6.07 Å². The van der Waals surface area contributed by atoms with Gasteiger partial charge in [-0.3, -0.25) is 0 Å². The number of rotatable bonds is 1. The molecule has 0 aliphatic carbocycles. The first kappa shape index (κ1) is 7.30. The molecule has 5 heteroatoms. The quantitative estimate of drug-likeness (QED) is 0.720. The van der Waals surface area contributed by atoms with E-state index >= 15 is 0 Å². The van der Waals surface area contributed by atoms with Crippen LogP contribution in [0.15, 0.2) is 12.3 Å². The number of nitrogen functional groups attached to an aromatic ring is 1. The van der Waals surface area contributed by atoms with E-state index in [9.17, 15) is 0 Å². The summed E-state index contributed by atoms with van der Waals surface area (Å²) in [6, 6.07) is 1.87. The highest BCUT2D eigenvalue weighted by Gasteiger charge is 2.02. The van der Waals surface area contributed by atoms with Gasteiger partial charge in [0.2, 0.25) is 0 Å². The van der Waals surface area contributed by atoms with Crippen molar-refractivity contribution in [3.63, 3.8) is 0 Å². The van der Waals surface area contributed by atoms with Crippen molar-refractivity contribution in [2.24, 2.45) is 0 Å². The van der Waals surface area contributed by atoms with Crippen molar-refractivity contribution in [3.8, 4) is 5.75 Å². The van der Waals surface area contributed by atoms with E-state index in [1.54, 1.807) is 13.3 Å². The fourth-order valence-electron chi connectivity index (χ4n) is 0.930. The molecule has 2 aromatic heterocycles. The van der Waals surface area contributed by atoms with E-state index in [4.69, 9.17) is 10.5 Å². The minimum absolute atomic E-state index is 0.533. The lowest BCUT2D eigenvalue weighted by Crippen LogP contribution is -1.84. The van der Waals surface area contributed by atoms with Crippen LogP contribution in [-0.4, -0.2) is 17.1 Å². The normalized spacial score (nSPS) is 10.4. The van der Waals surface area contributed by atoms with E-state index in [-0.39, 0.29) is 0 Å². The summed E-state index contributed by atoms with van der Waals surface area (Å²) < 4.78 is 5.96. The van der Waals surface area contributed by atoms with E-state index in [2.05, 4.69) is 9.97 Å². The number of hydrogen-bond donors (Lipinski definition) is 1. The number of aromatic nitrogens is 2. The number of thiazole rings is 1. The Labute approximate surface area is 73.0 Å². The third-order valence-electron chi connectivity index (χ3n) is 1.47. The second-order valence-electron chi connectivity index (χ2n) is 2.25. The van der Waals surface area contributed by atoms with Gasteiger partial charge in [-0.2, -0.15) is 0 Å². The van der Waals surface area contributed by atoms with Crippen molar-refractivity contribution in [3.05, 3.63) is 12.3 Å². The fourth-order valence-corrected chi connectivity index (χ4v) is 1.65. The van der Waals surface area contributed by atoms with Crippen molar-refractivity contribution in [2.75, 3.05) is 12.8 Å². The molecule has 0 amide bonds. The second-order valence-corrected chi connectivity index (χ2v) is 3.31. The SMILES string of the molecule is COc1cnc2nc(N)sc2c1. The van der Waals surface area contributed by atoms with Crippen molar-refractivity contribution < 1.29 is 4.74 Å². The van der Waals surface area contributed by atoms with Gasteiger partial charge in [0.25, 0.3) is 0 Å². The van der Waals surface area contributed by atoms with Crippen LogP contribution in [-0.2, 0) is 0 Å². The number of fused-ring (bicyclic) bond motifs is 1. The molecule has 0 saturated carbocycles. The highest BCUT2D eigenvalue weighted by atomic mass is 32.1. The summed E-state index contributed by atoms with van der Waals surface area (Å²) in [5, 5.41) is 0.533. The van der Waals surface area contributed by atoms with Gasteiger partial charge in [0.15, 0.2) is 10.8 Å². The Kier molecular flexibility index (Phi) is 1.58. The molecule has 0 bridgehead atoms. The minimum Gasteiger partial charge on any atom is -0.495 e. The number of pyridine rings is 1. The Morgan fingerprint density at radius 3 is 3.17 bits per heavy atom. The van der Waals surface area contributed by atoms with Crippen LogP contribution in [0.5, 0.6) is 5.75 Å². The summed E-state index contributed by atoms with van der Waals surface area (Å²) >= 11 is 1.41. The first-order chi connectivity index (χ1) is 5.79. The predicted molar refractivity (Wildman–Crippen MR) is 48.4 cm³/mol. The number of ether oxygens (including phenoxy) is 1. The average molecular weight is 181 g/mol. The first-order valence-electron chi connectivity index (χ1n) is 3.35. The van der Waals surface area contributed by atoms with Gasteiger partial charge in [-0.15, -0.1) is 0 Å². The third-order valence-corrected chi connectivity index (χ3v) is 2.29. The van der Waals surface area contributed by atoms with Gasteiger partial charge < -0.3 is 10.5 Å². The first-order valence-corrected chi connectivity index (χ1v) is 4.17. The minimum atomic E-state index is 0.533. The molecule has 0 atom stereocenters. The largest absolute Gasteiger partial charge is 0.495 e. The predicted octanol–water partition coefficient (Wildman–Crippen LogP) is 1.28. The van der Waals surface area contributed by atoms with Gasteiger partial charge >= 0.3 is 0 Å². The molecule has 0 saturated heterocycles. The Bertz CT molecular complexity index is 412. The smallest absolute Gasteiger partial charge is 0.182 e. The molecular formula is C7H7N3OS. The Morgan fingerprint density at radius 2 is 2.42 bits per heavy atom. The standard InChI is InChI=1S/C7H7N3OS/c1-11-4-2-5-6(9-3-4)10-7(8)12-5/h2-3H,1H3,(H2,8,9,10). The number of methoxy groups -OCH3 is 1. The average Bonchev–Trinajstić information content (AvgIpc) is 2.43. The van der Waals surface area contributed by atoms with Gasteiger partial charge in [-0.05, 0) is 0 Å². The zero-order chi connectivity index (χ0) is 8.55. The summed E-state index contributed by atoms with van der Waals surface area (Å²) in [4.78, 5) is 8.09. The summed E-state index contributed by atoms with van der Waals surface area (Å²) in [6.45, 7) is 0. The zero-order valence-corrected chi connectivity index (χ0v) is 7.26. The Hall–Kier alpha value is -1.36. The van der Waals surface area contributed by atoms with Crippen molar-refractivity contribution in [2.45, 2.75) is 0 Å². The number of nitrogens with two attached hydrogens (primary N) is 1. The van der Waals surface area contributed by atoms with E-state index in [1.807, 2.05) is 6.07 Å². The van der Waals surface area contributed by atoms with Gasteiger partial charge in [-0.1, -0.05) is 11.3 Å². The molecule has 2 aromatic rings. The molecule has 2 heterocycles. The van der Waals surface area contributed by atoms with Crippen LogP contribution in [0.3, 0.4) is 0 Å². The van der Waals surface area contributed by atoms with Crippen molar-refractivity contribution in [1.29, 1.82) is 0 Å². The van der Waals surface area contributed by atoms with Crippen LogP contribution in [0.4, 0.5) is 5.13 Å². The van der Waals surface area contributed by atoms with Crippen LogP contribution in [0, 0.1) is 0 Å². The highest BCUT2D eigenvalue weighted by molar-refractivity contribution is 7.22. The molecule has 0 fully saturated rings. The molecule has 12 heavy (non-hydrogen) atoms. The van der Waals surface area contributed by atoms with Crippen molar-refractivity contribution in [1.82, 2.24) is 9.97 Å². The maximum atomic E-state index is 5.51. The molecule has 0 unspecified atom stereocenters. The van der Waals surface area contributed by atoms with E-state index in [1.165, 1.54) is 11.3 Å². The highest BCUT2D eigenvalue weighted by Crippen LogP contribution is 2.24. The molecule has 0 radical (unpaired) electrons. The van der Waals surface area contributed by atoms with Gasteiger partial charge in [-0.25, -0.2) is 9.97 Å². The van der Waals surface area contributed by atoms with Crippen LogP contribution in [0.2, 0.25) is 0 Å². The van der Waals surface area contributed by atoms with Gasteiger partial charge in [0.1, 0.15) is 5.75 Å². The third kappa shape index (κ3) is 1.08. The molecule has 4 nitrogen and oxygen atoms in total. The van der Waals surface area contributed by atoms with Crippen LogP contribution >= 0.6 is 11.3 Å². The molecular weight excluding hydrogens is 174 g/mol. The lowest BCUT2D eigenvalue weighted by Gasteiger charge is -1.95. The van der Waals surface area contributed by atoms with Crippen LogP contribution < -0.4 is 10.5 Å². The topological polar surface area (TPSA) is 61.0 Å². The van der Waals surface area contributed by atoms with E-state index in [0.717, 1.165) is 10.4 Å². The number of nitrogens with zero attached hydrogens (tertiary/aromatic N) is 2. The number of anilines is 1. The maximum Gasteiger partial charge on any atom is 0.182 e.